The second-order valence-electron chi connectivity index (χ2n) is 6.69. The zero-order valence-corrected chi connectivity index (χ0v) is 15.2. The molecule has 0 aromatic heterocycles. The minimum atomic E-state index is -0.248. The summed E-state index contributed by atoms with van der Waals surface area (Å²) in [5.41, 5.74) is 6.58. The summed E-state index contributed by atoms with van der Waals surface area (Å²) in [4.78, 5) is 12.9. The molecule has 1 fully saturated rings. The Bertz CT molecular complexity index is 861. The highest BCUT2D eigenvalue weighted by Crippen LogP contribution is 2.30. The van der Waals surface area contributed by atoms with Crippen LogP contribution in [0, 0.1) is 0 Å². The lowest BCUT2D eigenvalue weighted by Crippen LogP contribution is -2.50. The number of fused-ring (bicyclic) bond motifs is 1. The van der Waals surface area contributed by atoms with Crippen molar-refractivity contribution < 1.29 is 9.53 Å². The molecule has 2 aromatic carbocycles. The molecule has 0 spiro atoms. The smallest absolute Gasteiger partial charge is 0.267 e. The molecule has 0 bridgehead atoms. The first-order chi connectivity index (χ1) is 13.2. The van der Waals surface area contributed by atoms with E-state index in [9.17, 15) is 4.79 Å². The zero-order valence-electron chi connectivity index (χ0n) is 15.2. The van der Waals surface area contributed by atoms with Crippen LogP contribution in [0.2, 0.25) is 0 Å². The number of nitrogens with one attached hydrogen (secondary N) is 1. The minimum Gasteiger partial charge on any atom is -0.497 e. The van der Waals surface area contributed by atoms with Gasteiger partial charge in [-0.15, -0.1) is 0 Å². The van der Waals surface area contributed by atoms with Gasteiger partial charge in [0.1, 0.15) is 18.1 Å². The average Bonchev–Trinajstić information content (AvgIpc) is 3.16. The Morgan fingerprint density at radius 3 is 2.63 bits per heavy atom. The standard InChI is InChI=1S/C21H22N4O2/c1-3-15-4-6-16(7-5-15)13-24-21(26)20-12-19(23-25(20)14-22-24)17-8-10-18(27-2)11-9-17/h3-11,14,19-20,23H,1,12-13H2,2H3. The molecule has 1 amide bonds. The van der Waals surface area contributed by atoms with Gasteiger partial charge in [-0.2, -0.15) is 5.10 Å². The van der Waals surface area contributed by atoms with Crippen LogP contribution in [0.15, 0.2) is 60.2 Å². The van der Waals surface area contributed by atoms with Gasteiger partial charge in [-0.25, -0.2) is 10.4 Å². The van der Waals surface area contributed by atoms with E-state index in [-0.39, 0.29) is 18.0 Å². The van der Waals surface area contributed by atoms with Crippen LogP contribution in [0.25, 0.3) is 6.08 Å². The molecule has 6 nitrogen and oxygen atoms in total. The van der Waals surface area contributed by atoms with Gasteiger partial charge in [0.05, 0.1) is 19.7 Å². The largest absolute Gasteiger partial charge is 0.497 e. The van der Waals surface area contributed by atoms with Gasteiger partial charge in [0.25, 0.3) is 5.91 Å². The van der Waals surface area contributed by atoms with E-state index < -0.39 is 0 Å². The molecule has 1 saturated heterocycles. The highest BCUT2D eigenvalue weighted by atomic mass is 16.5. The second kappa shape index (κ2) is 7.25. The maximum absolute atomic E-state index is 12.9. The monoisotopic (exact) mass is 362 g/mol. The predicted molar refractivity (Wildman–Crippen MR) is 105 cm³/mol. The number of hydrazone groups is 1. The van der Waals surface area contributed by atoms with Crippen LogP contribution in [0.4, 0.5) is 0 Å². The summed E-state index contributed by atoms with van der Waals surface area (Å²) in [6.45, 7) is 4.22. The van der Waals surface area contributed by atoms with Crippen molar-refractivity contribution in [1.82, 2.24) is 15.4 Å². The van der Waals surface area contributed by atoms with Crippen molar-refractivity contribution in [1.29, 1.82) is 0 Å². The quantitative estimate of drug-likeness (QED) is 0.889. The Labute approximate surface area is 158 Å². The maximum Gasteiger partial charge on any atom is 0.267 e. The molecule has 2 aliphatic rings. The van der Waals surface area contributed by atoms with E-state index in [4.69, 9.17) is 4.74 Å². The summed E-state index contributed by atoms with van der Waals surface area (Å²) < 4.78 is 5.21. The topological polar surface area (TPSA) is 57.2 Å². The molecule has 4 rings (SSSR count). The Kier molecular flexibility index (Phi) is 4.64. The molecule has 138 valence electrons. The van der Waals surface area contributed by atoms with Crippen molar-refractivity contribution in [2.75, 3.05) is 7.11 Å². The Morgan fingerprint density at radius 1 is 1.22 bits per heavy atom. The predicted octanol–water partition coefficient (Wildman–Crippen LogP) is 2.94. The number of hydrazine groups is 1. The SMILES string of the molecule is C=Cc1ccc(CN2N=CN3NC(c4ccc(OC)cc4)CC3C2=O)cc1. The number of carbonyl (C=O) groups is 1. The van der Waals surface area contributed by atoms with E-state index >= 15 is 0 Å². The van der Waals surface area contributed by atoms with E-state index in [0.717, 1.165) is 22.4 Å². The fourth-order valence-corrected chi connectivity index (χ4v) is 3.44. The maximum atomic E-state index is 12.9. The Balaban J connectivity index is 1.45. The lowest BCUT2D eigenvalue weighted by molar-refractivity contribution is -0.137. The summed E-state index contributed by atoms with van der Waals surface area (Å²) >= 11 is 0. The van der Waals surface area contributed by atoms with Crippen molar-refractivity contribution in [2.45, 2.75) is 25.0 Å². The van der Waals surface area contributed by atoms with E-state index in [0.29, 0.717) is 13.0 Å². The normalized spacial score (nSPS) is 21.3. The second-order valence-corrected chi connectivity index (χ2v) is 6.69. The van der Waals surface area contributed by atoms with E-state index in [1.54, 1.807) is 24.5 Å². The molecule has 6 heteroatoms. The number of rotatable bonds is 5. The van der Waals surface area contributed by atoms with Crippen molar-refractivity contribution in [3.8, 4) is 5.75 Å². The first-order valence-electron chi connectivity index (χ1n) is 8.93. The summed E-state index contributed by atoms with van der Waals surface area (Å²) in [5, 5.41) is 7.69. The third kappa shape index (κ3) is 3.44. The molecule has 2 heterocycles. The van der Waals surface area contributed by atoms with Crippen LogP contribution in [-0.4, -0.2) is 35.4 Å². The van der Waals surface area contributed by atoms with E-state index in [1.165, 1.54) is 0 Å². The van der Waals surface area contributed by atoms with Crippen molar-refractivity contribution in [2.24, 2.45) is 5.10 Å². The van der Waals surface area contributed by atoms with Crippen molar-refractivity contribution >= 4 is 18.3 Å². The molecule has 1 N–H and O–H groups in total. The van der Waals surface area contributed by atoms with E-state index in [2.05, 4.69) is 17.1 Å². The molecular formula is C21H22N4O2. The van der Waals surface area contributed by atoms with Gasteiger partial charge in [-0.3, -0.25) is 9.80 Å². The molecule has 0 aliphatic carbocycles. The van der Waals surface area contributed by atoms with Crippen LogP contribution in [-0.2, 0) is 11.3 Å². The number of hydrogen-bond acceptors (Lipinski definition) is 5. The number of amides is 1. The third-order valence-corrected chi connectivity index (χ3v) is 5.02. The van der Waals surface area contributed by atoms with Gasteiger partial charge in [0.2, 0.25) is 0 Å². The molecule has 2 unspecified atom stereocenters. The van der Waals surface area contributed by atoms with Gasteiger partial charge in [0.15, 0.2) is 0 Å². The summed E-state index contributed by atoms with van der Waals surface area (Å²) in [7, 11) is 1.65. The lowest BCUT2D eigenvalue weighted by atomic mass is 10.0. The molecular weight excluding hydrogens is 340 g/mol. The van der Waals surface area contributed by atoms with Crippen molar-refractivity contribution in [3.63, 3.8) is 0 Å². The van der Waals surface area contributed by atoms with Crippen molar-refractivity contribution in [3.05, 3.63) is 71.8 Å². The third-order valence-electron chi connectivity index (χ3n) is 5.02. The van der Waals surface area contributed by atoms with Gasteiger partial charge in [-0.05, 0) is 35.2 Å². The zero-order chi connectivity index (χ0) is 18.8. The highest BCUT2D eigenvalue weighted by Gasteiger charge is 2.40. The van der Waals surface area contributed by atoms with E-state index in [1.807, 2.05) is 53.5 Å². The lowest BCUT2D eigenvalue weighted by Gasteiger charge is -2.30. The fourth-order valence-electron chi connectivity index (χ4n) is 3.44. The number of methoxy groups -OCH3 is 1. The highest BCUT2D eigenvalue weighted by molar-refractivity contribution is 5.87. The summed E-state index contributed by atoms with van der Waals surface area (Å²) in [6.07, 6.45) is 4.20. The number of nitrogens with zero attached hydrogens (tertiary/aromatic N) is 3. The first-order valence-corrected chi connectivity index (χ1v) is 8.93. The molecule has 0 saturated carbocycles. The number of ether oxygens (including phenoxy) is 1. The summed E-state index contributed by atoms with van der Waals surface area (Å²) in [5.74, 6) is 0.828. The van der Waals surface area contributed by atoms with Gasteiger partial charge >= 0.3 is 0 Å². The molecule has 2 atom stereocenters. The van der Waals surface area contributed by atoms with Crippen LogP contribution >= 0.6 is 0 Å². The number of hydrogen-bond donors (Lipinski definition) is 1. The average molecular weight is 362 g/mol. The molecule has 27 heavy (non-hydrogen) atoms. The van der Waals surface area contributed by atoms with Gasteiger partial charge in [0, 0.05) is 0 Å². The first kappa shape index (κ1) is 17.3. The fraction of sp³-hybridized carbons (Fsp3) is 0.238. The van der Waals surface area contributed by atoms with Crippen LogP contribution < -0.4 is 10.2 Å². The molecule has 2 aromatic rings. The number of carbonyl (C=O) groups excluding carboxylic acids is 1. The van der Waals surface area contributed by atoms with Crippen LogP contribution in [0.3, 0.4) is 0 Å². The minimum absolute atomic E-state index is 0.00816. The Hall–Kier alpha value is -3.12. The van der Waals surface area contributed by atoms with Crippen LogP contribution in [0.1, 0.15) is 29.2 Å². The van der Waals surface area contributed by atoms with Gasteiger partial charge < -0.3 is 4.74 Å². The number of benzene rings is 2. The summed E-state index contributed by atoms with van der Waals surface area (Å²) in [6, 6.07) is 15.7. The van der Waals surface area contributed by atoms with Crippen LogP contribution in [0.5, 0.6) is 5.75 Å². The Morgan fingerprint density at radius 2 is 1.96 bits per heavy atom. The molecule has 0 radical (unpaired) electrons. The molecule has 2 aliphatic heterocycles. The van der Waals surface area contributed by atoms with Gasteiger partial charge in [-0.1, -0.05) is 49.1 Å².